The summed E-state index contributed by atoms with van der Waals surface area (Å²) in [6.07, 6.45) is 8.94. The van der Waals surface area contributed by atoms with E-state index in [-0.39, 0.29) is 7.55 Å². The van der Waals surface area contributed by atoms with Gasteiger partial charge < -0.3 is 8.96 Å². The molecular weight excluding hydrogens is 207 g/mol. The molecule has 0 amide bonds. The lowest BCUT2D eigenvalue weighted by molar-refractivity contribution is -0.660. The third-order valence-corrected chi connectivity index (χ3v) is 3.00. The fourth-order valence-electron chi connectivity index (χ4n) is 2.72. The minimum Gasteiger partial charge on any atom is -0.366 e. The number of pyridine rings is 2. The van der Waals surface area contributed by atoms with E-state index in [1.165, 1.54) is 22.3 Å². The van der Waals surface area contributed by atoms with Crippen molar-refractivity contribution in [1.82, 2.24) is 0 Å². The van der Waals surface area contributed by atoms with Crippen molar-refractivity contribution < 1.29 is 8.96 Å². The van der Waals surface area contributed by atoms with Gasteiger partial charge in [0.2, 0.25) is 0 Å². The third-order valence-electron chi connectivity index (χ3n) is 3.00. The summed E-state index contributed by atoms with van der Waals surface area (Å²) in [5.41, 5.74) is 5.33. The van der Waals surface area contributed by atoms with E-state index in [4.69, 9.17) is 0 Å². The molecule has 88 valence electrons. The van der Waals surface area contributed by atoms with Crippen molar-refractivity contribution in [2.45, 2.75) is 27.7 Å². The number of hydrogen-bond donors (Lipinski definition) is 0. The summed E-state index contributed by atoms with van der Waals surface area (Å²) in [5, 5.41) is 0. The minimum absolute atomic E-state index is 0.351. The van der Waals surface area contributed by atoms with Crippen molar-refractivity contribution in [3.05, 3.63) is 59.2 Å². The molecule has 0 spiro atoms. The summed E-state index contributed by atoms with van der Waals surface area (Å²) >= 11 is 0. The normalized spacial score (nSPS) is 10.6. The molecule has 0 atom stereocenters. The average Bonchev–Trinajstić information content (AvgIpc) is 2.13. The van der Waals surface area contributed by atoms with E-state index < -0.39 is 0 Å². The summed E-state index contributed by atoms with van der Waals surface area (Å²) in [6.45, 7) is 8.62. The van der Waals surface area contributed by atoms with Gasteiger partial charge in [0.1, 0.15) is 24.8 Å². The van der Waals surface area contributed by atoms with Gasteiger partial charge in [-0.05, 0) is 39.8 Å². The van der Waals surface area contributed by atoms with Gasteiger partial charge >= 0.3 is 7.55 Å². The van der Waals surface area contributed by atoms with Gasteiger partial charge in [0.15, 0.2) is 0 Å². The van der Waals surface area contributed by atoms with Gasteiger partial charge in [0, 0.05) is 22.3 Å². The van der Waals surface area contributed by atoms with Crippen molar-refractivity contribution in [3.63, 3.8) is 0 Å². The van der Waals surface area contributed by atoms with Crippen LogP contribution >= 0.6 is 0 Å². The van der Waals surface area contributed by atoms with Crippen LogP contribution in [0.25, 0.3) is 0 Å². The Hall–Kier alpha value is -1.64. The lowest BCUT2D eigenvalue weighted by atomic mass is 10.1. The Morgan fingerprint density at radius 2 is 0.941 bits per heavy atom. The van der Waals surface area contributed by atoms with E-state index in [0.29, 0.717) is 0 Å². The van der Waals surface area contributed by atoms with Gasteiger partial charge in [-0.3, -0.25) is 0 Å². The third kappa shape index (κ3) is 3.16. The van der Waals surface area contributed by atoms with E-state index in [9.17, 15) is 0 Å². The second-order valence-electron chi connectivity index (χ2n) is 5.31. The number of aryl methyl sites for hydroxylation is 4. The molecule has 3 heteroatoms. The van der Waals surface area contributed by atoms with Gasteiger partial charge in [0.25, 0.3) is 0 Å². The highest BCUT2D eigenvalue weighted by Gasteiger charge is 2.06. The fraction of sp³-hybridized carbons (Fsp3) is 0.286. The second-order valence-corrected chi connectivity index (χ2v) is 5.31. The van der Waals surface area contributed by atoms with Crippen molar-refractivity contribution >= 4 is 7.55 Å². The number of hydrogen-bond acceptors (Lipinski definition) is 0. The van der Waals surface area contributed by atoms with E-state index in [2.05, 4.69) is 73.6 Å². The van der Waals surface area contributed by atoms with Crippen molar-refractivity contribution in [3.8, 4) is 0 Å². The zero-order valence-electron chi connectivity index (χ0n) is 11.4. The van der Waals surface area contributed by atoms with Crippen molar-refractivity contribution in [2.75, 3.05) is 0 Å². The van der Waals surface area contributed by atoms with Gasteiger partial charge in [-0.1, -0.05) is 0 Å². The van der Waals surface area contributed by atoms with Crippen LogP contribution in [0, 0.1) is 27.7 Å². The lowest BCUT2D eigenvalue weighted by Gasteiger charge is -2.06. The molecule has 0 aliphatic carbocycles. The quantitative estimate of drug-likeness (QED) is 0.673. The number of nitrogens with zero attached hydrogens (tertiary/aromatic N) is 2. The molecule has 0 aliphatic heterocycles. The zero-order chi connectivity index (χ0) is 12.4. The van der Waals surface area contributed by atoms with Gasteiger partial charge in [-0.15, -0.1) is 0 Å². The average molecular weight is 227 g/mol. The Labute approximate surface area is 104 Å². The second kappa shape index (κ2) is 4.70. The summed E-state index contributed by atoms with van der Waals surface area (Å²) in [6, 6.07) is 4.43. The molecule has 2 nitrogen and oxygen atoms in total. The standard InChI is InChI=1S/C14H20BN2/c1-11-5-12(2)8-16(7-11)15-17-9-13(3)6-14(4)10-17/h5-10H,15H2,1-4H3/q+1. The molecule has 0 N–H and O–H groups in total. The minimum atomic E-state index is -0.351. The van der Waals surface area contributed by atoms with E-state index in [1.807, 2.05) is 0 Å². The van der Waals surface area contributed by atoms with Crippen molar-refractivity contribution in [2.24, 2.45) is 0 Å². The summed E-state index contributed by atoms with van der Waals surface area (Å²) < 4.78 is 4.70. The topological polar surface area (TPSA) is 7.76 Å². The first-order valence-corrected chi connectivity index (χ1v) is 6.24. The highest BCUT2D eigenvalue weighted by atomic mass is 15.0. The molecule has 2 rings (SSSR count). The van der Waals surface area contributed by atoms with Crippen LogP contribution in [-0.2, 0) is 0 Å². The van der Waals surface area contributed by atoms with Crippen LogP contribution < -0.4 is 8.96 Å². The Morgan fingerprint density at radius 3 is 1.24 bits per heavy atom. The maximum absolute atomic E-state index is 2.35. The molecule has 0 aromatic carbocycles. The molecule has 0 aliphatic rings. The first-order valence-electron chi connectivity index (χ1n) is 6.24. The zero-order valence-corrected chi connectivity index (χ0v) is 11.4. The Bertz CT molecular complexity index is 460. The fourth-order valence-corrected chi connectivity index (χ4v) is 2.72. The summed E-state index contributed by atoms with van der Waals surface area (Å²) in [7, 11) is -0.351. The maximum atomic E-state index is 2.35. The Balaban J connectivity index is 2.31. The van der Waals surface area contributed by atoms with Crippen LogP contribution in [0.3, 0.4) is 0 Å². The first-order chi connectivity index (χ1) is 8.02. The van der Waals surface area contributed by atoms with Gasteiger partial charge in [0.05, 0.1) is 0 Å². The number of rotatable bonds is 2. The van der Waals surface area contributed by atoms with Crippen molar-refractivity contribution in [1.29, 1.82) is 0 Å². The molecule has 0 saturated heterocycles. The Morgan fingerprint density at radius 1 is 0.647 bits per heavy atom. The highest BCUT2D eigenvalue weighted by Crippen LogP contribution is 1.97. The van der Waals surface area contributed by atoms with E-state index in [1.54, 1.807) is 0 Å². The van der Waals surface area contributed by atoms with Crippen LogP contribution in [0.15, 0.2) is 36.9 Å². The molecule has 2 aromatic rings. The molecule has 0 bridgehead atoms. The molecular formula is C14H20BN2+. The Kier molecular flexibility index (Phi) is 3.27. The molecule has 17 heavy (non-hydrogen) atoms. The van der Waals surface area contributed by atoms with Crippen LogP contribution in [0.2, 0.25) is 0 Å². The summed E-state index contributed by atoms with van der Waals surface area (Å²) in [5.74, 6) is 0. The highest BCUT2D eigenvalue weighted by molar-refractivity contribution is 6.11. The molecule has 0 saturated carbocycles. The van der Waals surface area contributed by atoms with Gasteiger partial charge in [-0.25, -0.2) is 0 Å². The molecule has 0 fully saturated rings. The van der Waals surface area contributed by atoms with Crippen LogP contribution in [0.4, 0.5) is 0 Å². The van der Waals surface area contributed by atoms with Crippen LogP contribution in [0.5, 0.6) is 0 Å². The van der Waals surface area contributed by atoms with Crippen LogP contribution in [-0.4, -0.2) is 7.55 Å². The lowest BCUT2D eigenvalue weighted by Crippen LogP contribution is -2.58. The van der Waals surface area contributed by atoms with Gasteiger partial charge in [-0.2, -0.15) is 0 Å². The smallest absolute Gasteiger partial charge is 0.366 e. The molecule has 0 unspecified atom stereocenters. The van der Waals surface area contributed by atoms with E-state index in [0.717, 1.165) is 0 Å². The molecule has 2 aromatic heterocycles. The SMILES string of the molecule is Cc1cc(C)c[n+]([BH2-][n+]2cc(C)cc(C)c2)c1. The molecule has 0 radical (unpaired) electrons. The number of aromatic nitrogens is 2. The predicted molar refractivity (Wildman–Crippen MR) is 71.6 cm³/mol. The largest absolute Gasteiger partial charge is 0.526 e. The van der Waals surface area contributed by atoms with Crippen LogP contribution in [0.1, 0.15) is 22.3 Å². The molecule has 2 heterocycles. The maximum Gasteiger partial charge on any atom is 0.526 e. The predicted octanol–water partition coefficient (Wildman–Crippen LogP) is 0.890. The van der Waals surface area contributed by atoms with E-state index >= 15 is 0 Å². The monoisotopic (exact) mass is 227 g/mol. The first kappa shape index (κ1) is 11.8. The summed E-state index contributed by atoms with van der Waals surface area (Å²) in [4.78, 5) is 0.